The van der Waals surface area contributed by atoms with Crippen LogP contribution in [0.2, 0.25) is 0 Å². The molecule has 3 nitrogen and oxygen atoms in total. The predicted octanol–water partition coefficient (Wildman–Crippen LogP) is 3.68. The number of hydrogen-bond acceptors (Lipinski definition) is 2. The zero-order chi connectivity index (χ0) is 15.2. The molecule has 0 saturated heterocycles. The van der Waals surface area contributed by atoms with E-state index in [0.717, 1.165) is 17.7 Å². The highest BCUT2D eigenvalue weighted by atomic mass is 32.1. The first kappa shape index (κ1) is 15.2. The maximum Gasteiger partial charge on any atom is 0.257 e. The summed E-state index contributed by atoms with van der Waals surface area (Å²) in [5.41, 5.74) is 3.82. The van der Waals surface area contributed by atoms with Gasteiger partial charge in [-0.15, -0.1) is 0 Å². The molecule has 0 aliphatic heterocycles. The van der Waals surface area contributed by atoms with E-state index in [1.54, 1.807) is 12.1 Å². The lowest BCUT2D eigenvalue weighted by Gasteiger charge is -2.10. The molecule has 4 heteroatoms. The van der Waals surface area contributed by atoms with Gasteiger partial charge in [-0.1, -0.05) is 36.8 Å². The molecular weight excluding hydrogens is 280 g/mol. The highest BCUT2D eigenvalue weighted by molar-refractivity contribution is 7.80. The van der Waals surface area contributed by atoms with Crippen molar-refractivity contribution in [2.75, 3.05) is 5.32 Å². The van der Waals surface area contributed by atoms with Crippen LogP contribution in [0.1, 0.15) is 28.4 Å². The average Bonchev–Trinajstić information content (AvgIpc) is 2.48. The van der Waals surface area contributed by atoms with Crippen LogP contribution < -0.4 is 10.6 Å². The summed E-state index contributed by atoms with van der Waals surface area (Å²) in [6, 6.07) is 15.3. The van der Waals surface area contributed by atoms with Gasteiger partial charge in [0.05, 0.1) is 0 Å². The molecule has 0 atom stereocenters. The van der Waals surface area contributed by atoms with Crippen LogP contribution in [0.3, 0.4) is 0 Å². The molecule has 0 aliphatic rings. The fourth-order valence-electron chi connectivity index (χ4n) is 1.87. The van der Waals surface area contributed by atoms with Crippen LogP contribution in [0.5, 0.6) is 0 Å². The first-order valence-electron chi connectivity index (χ1n) is 6.86. The summed E-state index contributed by atoms with van der Waals surface area (Å²) in [5, 5.41) is 5.98. The van der Waals surface area contributed by atoms with Gasteiger partial charge in [0.15, 0.2) is 5.11 Å². The highest BCUT2D eigenvalue weighted by Crippen LogP contribution is 2.10. The number of anilines is 1. The van der Waals surface area contributed by atoms with Crippen LogP contribution >= 0.6 is 12.2 Å². The second-order valence-electron chi connectivity index (χ2n) is 4.82. The molecule has 0 aromatic heterocycles. The van der Waals surface area contributed by atoms with E-state index in [4.69, 9.17) is 12.2 Å². The van der Waals surface area contributed by atoms with Crippen molar-refractivity contribution in [2.45, 2.75) is 20.3 Å². The topological polar surface area (TPSA) is 41.1 Å². The maximum atomic E-state index is 12.0. The van der Waals surface area contributed by atoms with Gasteiger partial charge in [-0.2, -0.15) is 0 Å². The lowest BCUT2D eigenvalue weighted by Crippen LogP contribution is -2.34. The molecule has 21 heavy (non-hydrogen) atoms. The third-order valence-electron chi connectivity index (χ3n) is 3.16. The molecule has 0 saturated carbocycles. The molecule has 0 radical (unpaired) electrons. The summed E-state index contributed by atoms with van der Waals surface area (Å²) in [4.78, 5) is 12.0. The SMILES string of the molecule is CCc1ccc(NC(=S)NC(=O)c2ccc(C)cc2)cc1. The Bertz CT molecular complexity index is 633. The zero-order valence-electron chi connectivity index (χ0n) is 12.1. The Morgan fingerprint density at radius 2 is 1.67 bits per heavy atom. The van der Waals surface area contributed by atoms with Gasteiger partial charge in [-0.05, 0) is 55.4 Å². The van der Waals surface area contributed by atoms with Crippen LogP contribution in [0.25, 0.3) is 0 Å². The quantitative estimate of drug-likeness (QED) is 0.849. The largest absolute Gasteiger partial charge is 0.332 e. The van der Waals surface area contributed by atoms with Crippen LogP contribution in [0.4, 0.5) is 5.69 Å². The van der Waals surface area contributed by atoms with Gasteiger partial charge in [0, 0.05) is 11.3 Å². The summed E-state index contributed by atoms with van der Waals surface area (Å²) in [6.07, 6.45) is 0.995. The Morgan fingerprint density at radius 3 is 2.24 bits per heavy atom. The summed E-state index contributed by atoms with van der Waals surface area (Å²) in [5.74, 6) is -0.210. The van der Waals surface area contributed by atoms with E-state index in [1.807, 2.05) is 43.3 Å². The van der Waals surface area contributed by atoms with Gasteiger partial charge in [0.2, 0.25) is 0 Å². The first-order chi connectivity index (χ1) is 10.1. The van der Waals surface area contributed by atoms with Crippen LogP contribution in [0, 0.1) is 6.92 Å². The van der Waals surface area contributed by atoms with Gasteiger partial charge in [-0.3, -0.25) is 10.1 Å². The van der Waals surface area contributed by atoms with E-state index in [0.29, 0.717) is 10.7 Å². The average molecular weight is 298 g/mol. The maximum absolute atomic E-state index is 12.0. The number of thiocarbonyl (C=S) groups is 1. The Hall–Kier alpha value is -2.20. The van der Waals surface area contributed by atoms with Crippen molar-refractivity contribution >= 4 is 28.9 Å². The Morgan fingerprint density at radius 1 is 1.05 bits per heavy atom. The molecule has 1 amide bonds. The lowest BCUT2D eigenvalue weighted by molar-refractivity contribution is 0.0978. The van der Waals surface area contributed by atoms with E-state index in [2.05, 4.69) is 17.6 Å². The molecule has 0 bridgehead atoms. The third kappa shape index (κ3) is 4.39. The molecule has 2 aromatic carbocycles. The Kier molecular flexibility index (Phi) is 5.06. The Labute approximate surface area is 130 Å². The van der Waals surface area contributed by atoms with Crippen molar-refractivity contribution in [2.24, 2.45) is 0 Å². The number of carbonyl (C=O) groups is 1. The number of rotatable bonds is 3. The van der Waals surface area contributed by atoms with Crippen molar-refractivity contribution in [1.29, 1.82) is 0 Å². The number of hydrogen-bond donors (Lipinski definition) is 2. The fourth-order valence-corrected chi connectivity index (χ4v) is 2.08. The van der Waals surface area contributed by atoms with Gasteiger partial charge in [0.1, 0.15) is 0 Å². The molecule has 0 spiro atoms. The number of carbonyl (C=O) groups excluding carboxylic acids is 1. The van der Waals surface area contributed by atoms with Crippen molar-refractivity contribution in [1.82, 2.24) is 5.32 Å². The van der Waals surface area contributed by atoms with E-state index >= 15 is 0 Å². The molecule has 0 aliphatic carbocycles. The summed E-state index contributed by atoms with van der Waals surface area (Å²) < 4.78 is 0. The highest BCUT2D eigenvalue weighted by Gasteiger charge is 2.07. The molecule has 108 valence electrons. The van der Waals surface area contributed by atoms with Gasteiger partial charge < -0.3 is 5.32 Å². The van der Waals surface area contributed by atoms with Gasteiger partial charge in [-0.25, -0.2) is 0 Å². The van der Waals surface area contributed by atoms with E-state index in [-0.39, 0.29) is 5.91 Å². The number of benzene rings is 2. The minimum atomic E-state index is -0.210. The standard InChI is InChI=1S/C17H18N2OS/c1-3-13-6-10-15(11-7-13)18-17(21)19-16(20)14-8-4-12(2)5-9-14/h4-11H,3H2,1-2H3,(H2,18,19,20,21). The fraction of sp³-hybridized carbons (Fsp3) is 0.176. The third-order valence-corrected chi connectivity index (χ3v) is 3.36. The monoisotopic (exact) mass is 298 g/mol. The van der Waals surface area contributed by atoms with Crippen molar-refractivity contribution in [3.63, 3.8) is 0 Å². The molecular formula is C17H18N2OS. The Balaban J connectivity index is 1.94. The van der Waals surface area contributed by atoms with E-state index < -0.39 is 0 Å². The summed E-state index contributed by atoms with van der Waals surface area (Å²) in [6.45, 7) is 4.09. The summed E-state index contributed by atoms with van der Waals surface area (Å²) >= 11 is 5.16. The lowest BCUT2D eigenvalue weighted by atomic mass is 10.1. The second-order valence-corrected chi connectivity index (χ2v) is 5.23. The smallest absolute Gasteiger partial charge is 0.257 e. The van der Waals surface area contributed by atoms with Crippen molar-refractivity contribution < 1.29 is 4.79 Å². The van der Waals surface area contributed by atoms with Crippen LogP contribution in [-0.4, -0.2) is 11.0 Å². The van der Waals surface area contributed by atoms with Crippen molar-refractivity contribution in [3.05, 3.63) is 65.2 Å². The van der Waals surface area contributed by atoms with Crippen LogP contribution in [0.15, 0.2) is 48.5 Å². The molecule has 2 N–H and O–H groups in total. The normalized spacial score (nSPS) is 10.0. The van der Waals surface area contributed by atoms with E-state index in [1.165, 1.54) is 5.56 Å². The summed E-state index contributed by atoms with van der Waals surface area (Å²) in [7, 11) is 0. The minimum Gasteiger partial charge on any atom is -0.332 e. The molecule has 0 unspecified atom stereocenters. The van der Waals surface area contributed by atoms with E-state index in [9.17, 15) is 4.79 Å². The minimum absolute atomic E-state index is 0.210. The number of nitrogens with one attached hydrogen (secondary N) is 2. The molecule has 2 aromatic rings. The molecule has 0 heterocycles. The number of amides is 1. The van der Waals surface area contributed by atoms with Crippen LogP contribution in [-0.2, 0) is 6.42 Å². The second kappa shape index (κ2) is 6.99. The zero-order valence-corrected chi connectivity index (χ0v) is 13.0. The number of aryl methyl sites for hydroxylation is 2. The van der Waals surface area contributed by atoms with Gasteiger partial charge in [0.25, 0.3) is 5.91 Å². The first-order valence-corrected chi connectivity index (χ1v) is 7.27. The van der Waals surface area contributed by atoms with Gasteiger partial charge >= 0.3 is 0 Å². The predicted molar refractivity (Wildman–Crippen MR) is 90.7 cm³/mol. The molecule has 0 fully saturated rings. The van der Waals surface area contributed by atoms with Crippen molar-refractivity contribution in [3.8, 4) is 0 Å². The molecule has 2 rings (SSSR count).